The first-order valence-electron chi connectivity index (χ1n) is 9.15. The number of rotatable bonds is 6. The highest BCUT2D eigenvalue weighted by Crippen LogP contribution is 2.36. The van der Waals surface area contributed by atoms with Crippen LogP contribution in [0.3, 0.4) is 0 Å². The molecule has 1 aromatic heterocycles. The summed E-state index contributed by atoms with van der Waals surface area (Å²) >= 11 is 0. The van der Waals surface area contributed by atoms with Crippen molar-refractivity contribution in [3.8, 4) is 0 Å². The molecule has 1 atom stereocenters. The predicted octanol–water partition coefficient (Wildman–Crippen LogP) is 3.61. The van der Waals surface area contributed by atoms with E-state index in [-0.39, 0.29) is 11.8 Å². The maximum Gasteiger partial charge on any atom is 0.313 e. The number of halogens is 1. The van der Waals surface area contributed by atoms with Gasteiger partial charge in [0, 0.05) is 25.5 Å². The van der Waals surface area contributed by atoms with Gasteiger partial charge in [0.2, 0.25) is 0 Å². The average molecular weight is 356 g/mol. The molecule has 2 aromatic rings. The maximum atomic E-state index is 14.2. The second kappa shape index (κ2) is 8.41. The van der Waals surface area contributed by atoms with Gasteiger partial charge in [-0.1, -0.05) is 24.3 Å². The van der Waals surface area contributed by atoms with Crippen molar-refractivity contribution in [3.05, 3.63) is 65.7 Å². The van der Waals surface area contributed by atoms with Crippen molar-refractivity contribution in [1.82, 2.24) is 9.88 Å². The Morgan fingerprint density at radius 3 is 2.88 bits per heavy atom. The van der Waals surface area contributed by atoms with Crippen molar-refractivity contribution >= 4 is 5.97 Å². The van der Waals surface area contributed by atoms with Crippen LogP contribution in [0, 0.1) is 11.2 Å². The molecule has 5 heteroatoms. The number of carbonyl (C=O) groups excluding carboxylic acids is 1. The van der Waals surface area contributed by atoms with Crippen molar-refractivity contribution < 1.29 is 13.9 Å². The minimum atomic E-state index is -0.710. The summed E-state index contributed by atoms with van der Waals surface area (Å²) < 4.78 is 19.6. The molecule has 0 aliphatic carbocycles. The largest absolute Gasteiger partial charge is 0.466 e. The van der Waals surface area contributed by atoms with E-state index in [1.165, 1.54) is 6.07 Å². The van der Waals surface area contributed by atoms with Crippen LogP contribution in [0.1, 0.15) is 30.9 Å². The molecule has 26 heavy (non-hydrogen) atoms. The Bertz CT molecular complexity index is 738. The van der Waals surface area contributed by atoms with E-state index in [9.17, 15) is 9.18 Å². The Kier molecular flexibility index (Phi) is 5.99. The monoisotopic (exact) mass is 356 g/mol. The second-order valence-corrected chi connectivity index (χ2v) is 6.94. The number of pyridine rings is 1. The van der Waals surface area contributed by atoms with Gasteiger partial charge >= 0.3 is 5.97 Å². The molecule has 138 valence electrons. The Morgan fingerprint density at radius 2 is 2.15 bits per heavy atom. The quantitative estimate of drug-likeness (QED) is 0.742. The lowest BCUT2D eigenvalue weighted by atomic mass is 9.75. The van der Waals surface area contributed by atoms with E-state index in [0.29, 0.717) is 31.6 Å². The zero-order chi connectivity index (χ0) is 18.4. The third-order valence-corrected chi connectivity index (χ3v) is 4.98. The maximum absolute atomic E-state index is 14.2. The number of benzene rings is 1. The van der Waals surface area contributed by atoms with E-state index in [1.54, 1.807) is 18.3 Å². The van der Waals surface area contributed by atoms with Gasteiger partial charge in [-0.3, -0.25) is 14.7 Å². The van der Waals surface area contributed by atoms with E-state index in [0.717, 1.165) is 25.1 Å². The van der Waals surface area contributed by atoms with Gasteiger partial charge in [-0.05, 0) is 56.0 Å². The lowest BCUT2D eigenvalue weighted by molar-refractivity contribution is -0.159. The van der Waals surface area contributed by atoms with Crippen molar-refractivity contribution in [2.24, 2.45) is 5.41 Å². The molecular weight excluding hydrogens is 331 g/mol. The third-order valence-electron chi connectivity index (χ3n) is 4.98. The Balaban J connectivity index is 1.83. The molecular formula is C21H25FN2O2. The molecule has 3 rings (SSSR count). The Labute approximate surface area is 154 Å². The summed E-state index contributed by atoms with van der Waals surface area (Å²) in [7, 11) is 0. The predicted molar refractivity (Wildman–Crippen MR) is 97.9 cm³/mol. The molecule has 1 aromatic carbocycles. The molecule has 0 unspecified atom stereocenters. The topological polar surface area (TPSA) is 42.4 Å². The highest BCUT2D eigenvalue weighted by molar-refractivity contribution is 5.77. The van der Waals surface area contributed by atoms with Gasteiger partial charge < -0.3 is 4.74 Å². The second-order valence-electron chi connectivity index (χ2n) is 6.94. The lowest BCUT2D eigenvalue weighted by Gasteiger charge is -2.41. The summed E-state index contributed by atoms with van der Waals surface area (Å²) in [6.07, 6.45) is 5.55. The number of nitrogens with zero attached hydrogens (tertiary/aromatic N) is 2. The third kappa shape index (κ3) is 4.28. The van der Waals surface area contributed by atoms with Gasteiger partial charge in [0.15, 0.2) is 0 Å². The Morgan fingerprint density at radius 1 is 1.31 bits per heavy atom. The zero-order valence-electron chi connectivity index (χ0n) is 15.2. The molecule has 0 spiro atoms. The molecule has 1 aliphatic heterocycles. The molecule has 1 saturated heterocycles. The van der Waals surface area contributed by atoms with E-state index in [2.05, 4.69) is 9.88 Å². The van der Waals surface area contributed by atoms with Gasteiger partial charge in [0.1, 0.15) is 5.82 Å². The number of carbonyl (C=O) groups is 1. The summed E-state index contributed by atoms with van der Waals surface area (Å²) in [4.78, 5) is 19.3. The van der Waals surface area contributed by atoms with Crippen molar-refractivity contribution in [2.75, 3.05) is 19.7 Å². The van der Waals surface area contributed by atoms with E-state index >= 15 is 0 Å². The fourth-order valence-electron chi connectivity index (χ4n) is 3.79. The first-order valence-corrected chi connectivity index (χ1v) is 9.15. The van der Waals surface area contributed by atoms with Crippen molar-refractivity contribution in [1.29, 1.82) is 0 Å². The van der Waals surface area contributed by atoms with E-state index < -0.39 is 5.41 Å². The van der Waals surface area contributed by atoms with Crippen LogP contribution in [-0.4, -0.2) is 35.5 Å². The van der Waals surface area contributed by atoms with Crippen LogP contribution in [-0.2, 0) is 22.5 Å². The van der Waals surface area contributed by atoms with Crippen LogP contribution in [0.25, 0.3) is 0 Å². The van der Waals surface area contributed by atoms with Gasteiger partial charge in [-0.15, -0.1) is 0 Å². The summed E-state index contributed by atoms with van der Waals surface area (Å²) in [6, 6.07) is 10.6. The highest BCUT2D eigenvalue weighted by Gasteiger charge is 2.44. The average Bonchev–Trinajstić information content (AvgIpc) is 2.65. The molecule has 0 N–H and O–H groups in total. The number of piperidine rings is 1. The van der Waals surface area contributed by atoms with Crippen LogP contribution in [0.5, 0.6) is 0 Å². The van der Waals surface area contributed by atoms with E-state index in [1.807, 2.05) is 31.3 Å². The number of hydrogen-bond donors (Lipinski definition) is 0. The molecule has 2 heterocycles. The molecule has 0 saturated carbocycles. The number of ether oxygens (including phenoxy) is 1. The van der Waals surface area contributed by atoms with Crippen molar-refractivity contribution in [3.63, 3.8) is 0 Å². The lowest BCUT2D eigenvalue weighted by Crippen LogP contribution is -2.49. The molecule has 0 amide bonds. The van der Waals surface area contributed by atoms with Gasteiger partial charge in [-0.25, -0.2) is 4.39 Å². The Hall–Kier alpha value is -2.27. The zero-order valence-corrected chi connectivity index (χ0v) is 15.2. The first kappa shape index (κ1) is 18.5. The minimum absolute atomic E-state index is 0.223. The fourth-order valence-corrected chi connectivity index (χ4v) is 3.79. The molecule has 0 radical (unpaired) electrons. The summed E-state index contributed by atoms with van der Waals surface area (Å²) in [6.45, 7) is 4.35. The summed E-state index contributed by atoms with van der Waals surface area (Å²) in [5.41, 5.74) is 0.973. The normalized spacial score (nSPS) is 20.7. The molecule has 0 bridgehead atoms. The fraction of sp³-hybridized carbons (Fsp3) is 0.429. The first-order chi connectivity index (χ1) is 12.6. The minimum Gasteiger partial charge on any atom is -0.466 e. The SMILES string of the molecule is CCOC(=O)[C@]1(Cc2ccccc2F)CCCN(Cc2cccnc2)C1. The number of likely N-dealkylation sites (tertiary alicyclic amines) is 1. The summed E-state index contributed by atoms with van der Waals surface area (Å²) in [5.74, 6) is -0.486. The smallest absolute Gasteiger partial charge is 0.313 e. The highest BCUT2D eigenvalue weighted by atomic mass is 19.1. The number of esters is 1. The van der Waals surface area contributed by atoms with Crippen LogP contribution in [0.4, 0.5) is 4.39 Å². The van der Waals surface area contributed by atoms with Crippen LogP contribution in [0.2, 0.25) is 0 Å². The van der Waals surface area contributed by atoms with Gasteiger partial charge in [0.05, 0.1) is 12.0 Å². The summed E-state index contributed by atoms with van der Waals surface area (Å²) in [5, 5.41) is 0. The molecule has 4 nitrogen and oxygen atoms in total. The standard InChI is InChI=1S/C21H25FN2O2/c1-2-26-20(25)21(13-18-8-3-4-9-19(18)22)10-6-12-24(16-21)15-17-7-5-11-23-14-17/h3-5,7-9,11,14H,2,6,10,12-13,15-16H2,1H3/t21-/m0/s1. The van der Waals surface area contributed by atoms with E-state index in [4.69, 9.17) is 4.74 Å². The van der Waals surface area contributed by atoms with Crippen LogP contribution < -0.4 is 0 Å². The van der Waals surface area contributed by atoms with Crippen LogP contribution in [0.15, 0.2) is 48.8 Å². The van der Waals surface area contributed by atoms with Gasteiger partial charge in [-0.2, -0.15) is 0 Å². The number of aromatic nitrogens is 1. The van der Waals surface area contributed by atoms with Crippen LogP contribution >= 0.6 is 0 Å². The van der Waals surface area contributed by atoms with Crippen molar-refractivity contribution in [2.45, 2.75) is 32.7 Å². The van der Waals surface area contributed by atoms with Gasteiger partial charge in [0.25, 0.3) is 0 Å². The molecule has 1 fully saturated rings. The number of hydrogen-bond acceptors (Lipinski definition) is 4. The molecule has 1 aliphatic rings.